The molecule has 1 aliphatic heterocycles. The summed E-state index contributed by atoms with van der Waals surface area (Å²) in [5, 5.41) is 15.8. The van der Waals surface area contributed by atoms with Crippen molar-refractivity contribution in [3.05, 3.63) is 102 Å². The number of aliphatic carboxylic acids is 1. The first kappa shape index (κ1) is 22.9. The van der Waals surface area contributed by atoms with Crippen molar-refractivity contribution in [2.45, 2.75) is 31.8 Å². The fraction of sp³-hybridized carbons (Fsp3) is 0.233. The van der Waals surface area contributed by atoms with E-state index in [9.17, 15) is 9.90 Å². The maximum atomic E-state index is 11.5. The van der Waals surface area contributed by atoms with Gasteiger partial charge in [0.25, 0.3) is 0 Å². The third kappa shape index (κ3) is 5.31. The number of fused-ring (bicyclic) bond motifs is 1. The average molecular weight is 467 g/mol. The lowest BCUT2D eigenvalue weighted by Crippen LogP contribution is -2.34. The highest BCUT2D eigenvalue weighted by molar-refractivity contribution is 5.86. The van der Waals surface area contributed by atoms with Crippen LogP contribution in [-0.2, 0) is 11.2 Å². The number of rotatable bonds is 8. The summed E-state index contributed by atoms with van der Waals surface area (Å²) in [6.45, 7) is 4.02. The Balaban J connectivity index is 1.30. The molecule has 4 aromatic carbocycles. The van der Waals surface area contributed by atoms with Gasteiger partial charge >= 0.3 is 5.97 Å². The molecule has 2 N–H and O–H groups in total. The second kappa shape index (κ2) is 10.2. The van der Waals surface area contributed by atoms with Gasteiger partial charge in [-0.3, -0.25) is 4.79 Å². The van der Waals surface area contributed by atoms with Gasteiger partial charge in [0.15, 0.2) is 0 Å². The lowest BCUT2D eigenvalue weighted by atomic mass is 9.99. The summed E-state index contributed by atoms with van der Waals surface area (Å²) < 4.78 is 5.99. The minimum absolute atomic E-state index is 0.0797. The lowest BCUT2D eigenvalue weighted by molar-refractivity contribution is -0.136. The number of nitrogens with zero attached hydrogens (tertiary/aromatic N) is 1. The molecule has 0 aliphatic carbocycles. The van der Waals surface area contributed by atoms with E-state index >= 15 is 0 Å². The molecule has 0 spiro atoms. The molecule has 0 unspecified atom stereocenters. The Kier molecular flexibility index (Phi) is 6.68. The Morgan fingerprint density at radius 1 is 1.03 bits per heavy atom. The molecule has 0 radical (unpaired) electrons. The highest BCUT2D eigenvalue weighted by Gasteiger charge is 2.25. The van der Waals surface area contributed by atoms with Crippen LogP contribution in [0.4, 0.5) is 5.69 Å². The zero-order chi connectivity index (χ0) is 24.2. The van der Waals surface area contributed by atoms with Gasteiger partial charge in [-0.15, -0.1) is 0 Å². The smallest absolute Gasteiger partial charge is 0.307 e. The van der Waals surface area contributed by atoms with Crippen molar-refractivity contribution in [1.29, 1.82) is 0 Å². The molecule has 0 bridgehead atoms. The number of hydrogen-bond acceptors (Lipinski definition) is 4. The highest BCUT2D eigenvalue weighted by Crippen LogP contribution is 2.32. The second-order valence-electron chi connectivity index (χ2n) is 9.17. The first-order chi connectivity index (χ1) is 17.1. The molecule has 1 fully saturated rings. The molecule has 1 aliphatic rings. The summed E-state index contributed by atoms with van der Waals surface area (Å²) in [7, 11) is 0. The zero-order valence-corrected chi connectivity index (χ0v) is 19.9. The van der Waals surface area contributed by atoms with Crippen molar-refractivity contribution in [3.63, 3.8) is 0 Å². The van der Waals surface area contributed by atoms with Crippen LogP contribution in [0.1, 0.15) is 30.5 Å². The number of ether oxygens (including phenoxy) is 1. The van der Waals surface area contributed by atoms with Crippen LogP contribution in [0.2, 0.25) is 0 Å². The Morgan fingerprint density at radius 2 is 1.80 bits per heavy atom. The van der Waals surface area contributed by atoms with Crippen LogP contribution in [0.5, 0.6) is 11.5 Å². The molecule has 5 heteroatoms. The molecular formula is C30H30N2O3. The van der Waals surface area contributed by atoms with Crippen molar-refractivity contribution < 1.29 is 14.6 Å². The van der Waals surface area contributed by atoms with Crippen molar-refractivity contribution in [2.24, 2.45) is 0 Å². The van der Waals surface area contributed by atoms with E-state index in [-0.39, 0.29) is 12.5 Å². The third-order valence-corrected chi connectivity index (χ3v) is 6.69. The number of carboxylic acid groups (broad SMARTS) is 1. The van der Waals surface area contributed by atoms with E-state index in [2.05, 4.69) is 59.6 Å². The quantitative estimate of drug-likeness (QED) is 0.324. The van der Waals surface area contributed by atoms with Crippen LogP contribution in [0.25, 0.3) is 10.8 Å². The normalized spacial score (nSPS) is 16.4. The Labute approximate surface area is 206 Å². The first-order valence-corrected chi connectivity index (χ1v) is 12.1. The third-order valence-electron chi connectivity index (χ3n) is 6.69. The van der Waals surface area contributed by atoms with E-state index in [0.717, 1.165) is 25.2 Å². The number of carbonyl (C=O) groups is 1. The van der Waals surface area contributed by atoms with Gasteiger partial charge in [-0.1, -0.05) is 60.7 Å². The van der Waals surface area contributed by atoms with Gasteiger partial charge in [0.05, 0.1) is 6.42 Å². The number of para-hydroxylation sites is 1. The maximum absolute atomic E-state index is 11.5. The monoisotopic (exact) mass is 466 g/mol. The summed E-state index contributed by atoms with van der Waals surface area (Å²) in [4.78, 5) is 13.9. The van der Waals surface area contributed by atoms with Crippen LogP contribution in [0, 0.1) is 0 Å². The van der Waals surface area contributed by atoms with E-state index in [1.165, 1.54) is 16.3 Å². The molecule has 0 saturated carbocycles. The van der Waals surface area contributed by atoms with Crippen LogP contribution in [0.15, 0.2) is 91.0 Å². The van der Waals surface area contributed by atoms with Crippen molar-refractivity contribution in [3.8, 4) is 11.5 Å². The molecular weight excluding hydrogens is 436 g/mol. The van der Waals surface area contributed by atoms with E-state index in [4.69, 9.17) is 4.74 Å². The number of anilines is 1. The van der Waals surface area contributed by atoms with Crippen LogP contribution in [-0.4, -0.2) is 30.2 Å². The van der Waals surface area contributed by atoms with Gasteiger partial charge in [-0.2, -0.15) is 0 Å². The van der Waals surface area contributed by atoms with Gasteiger partial charge in [-0.25, -0.2) is 0 Å². The number of nitrogens with one attached hydrogen (secondary N) is 1. The number of benzene rings is 4. The van der Waals surface area contributed by atoms with E-state index in [0.29, 0.717) is 23.1 Å². The van der Waals surface area contributed by atoms with Gasteiger partial charge < -0.3 is 20.1 Å². The van der Waals surface area contributed by atoms with E-state index in [1.54, 1.807) is 0 Å². The lowest BCUT2D eigenvalue weighted by Gasteiger charge is -2.23. The fourth-order valence-electron chi connectivity index (χ4n) is 4.98. The van der Waals surface area contributed by atoms with Gasteiger partial charge in [-0.05, 0) is 60.0 Å². The predicted octanol–water partition coefficient (Wildman–Crippen LogP) is 6.19. The topological polar surface area (TPSA) is 61.8 Å². The summed E-state index contributed by atoms with van der Waals surface area (Å²) in [5.74, 6) is 0.408. The van der Waals surface area contributed by atoms with Crippen LogP contribution < -0.4 is 15.0 Å². The first-order valence-electron chi connectivity index (χ1n) is 12.1. The Morgan fingerprint density at radius 3 is 2.63 bits per heavy atom. The van der Waals surface area contributed by atoms with Crippen molar-refractivity contribution >= 4 is 22.4 Å². The average Bonchev–Trinajstić information content (AvgIpc) is 3.33. The molecule has 5 nitrogen and oxygen atoms in total. The molecule has 0 aromatic heterocycles. The number of carboxylic acids is 1. The van der Waals surface area contributed by atoms with Crippen LogP contribution >= 0.6 is 0 Å². The molecule has 0 amide bonds. The van der Waals surface area contributed by atoms with Gasteiger partial charge in [0.1, 0.15) is 11.5 Å². The molecule has 5 rings (SSSR count). The Bertz CT molecular complexity index is 1320. The highest BCUT2D eigenvalue weighted by atomic mass is 16.5. The van der Waals surface area contributed by atoms with E-state index in [1.807, 2.05) is 48.5 Å². The Hall–Kier alpha value is -3.83. The van der Waals surface area contributed by atoms with Gasteiger partial charge in [0, 0.05) is 36.4 Å². The molecule has 1 heterocycles. The zero-order valence-electron chi connectivity index (χ0n) is 19.9. The predicted molar refractivity (Wildman–Crippen MR) is 140 cm³/mol. The maximum Gasteiger partial charge on any atom is 0.307 e. The van der Waals surface area contributed by atoms with Crippen molar-refractivity contribution in [2.75, 3.05) is 18.0 Å². The molecule has 178 valence electrons. The minimum Gasteiger partial charge on any atom is -0.481 e. The van der Waals surface area contributed by atoms with Crippen LogP contribution in [0.3, 0.4) is 0 Å². The summed E-state index contributed by atoms with van der Waals surface area (Å²) in [6, 6.07) is 30.9. The molecule has 4 aromatic rings. The second-order valence-corrected chi connectivity index (χ2v) is 9.17. The summed E-state index contributed by atoms with van der Waals surface area (Å²) in [6.07, 6.45) is 0.954. The summed E-state index contributed by atoms with van der Waals surface area (Å²) >= 11 is 0. The largest absolute Gasteiger partial charge is 0.481 e. The molecule has 2 atom stereocenters. The van der Waals surface area contributed by atoms with E-state index < -0.39 is 5.97 Å². The molecule has 35 heavy (non-hydrogen) atoms. The SMILES string of the molecule is C[C@@H](N[C@H]1CCN(c2ccc(Oc3ccccc3)c(CC(=O)O)c2)C1)c1cccc2ccccc12. The number of hydrogen-bond donors (Lipinski definition) is 2. The summed E-state index contributed by atoms with van der Waals surface area (Å²) in [5.41, 5.74) is 3.02. The minimum atomic E-state index is -0.870. The van der Waals surface area contributed by atoms with Gasteiger partial charge in [0.2, 0.25) is 0 Å². The fourth-order valence-corrected chi connectivity index (χ4v) is 4.98. The van der Waals surface area contributed by atoms with Crippen molar-refractivity contribution in [1.82, 2.24) is 5.32 Å². The standard InChI is InChI=1S/C30H30N2O3/c1-21(27-13-7-9-22-8-5-6-12-28(22)27)31-24-16-17-32(20-24)25-14-15-29(23(18-25)19-30(33)34)35-26-10-3-2-4-11-26/h2-15,18,21,24,31H,16-17,19-20H2,1H3,(H,33,34)/t21-,24+/m1/s1. The molecule has 1 saturated heterocycles.